The number of anilines is 1. The summed E-state index contributed by atoms with van der Waals surface area (Å²) in [5, 5.41) is 0. The highest BCUT2D eigenvalue weighted by Gasteiger charge is 2.40. The van der Waals surface area contributed by atoms with E-state index in [9.17, 15) is 13.2 Å². The van der Waals surface area contributed by atoms with Crippen molar-refractivity contribution in [2.24, 2.45) is 0 Å². The van der Waals surface area contributed by atoms with Crippen LogP contribution in [0.3, 0.4) is 0 Å². The molecule has 1 amide bonds. The summed E-state index contributed by atoms with van der Waals surface area (Å²) >= 11 is 0. The van der Waals surface area contributed by atoms with Crippen LogP contribution < -0.4 is 5.73 Å². The van der Waals surface area contributed by atoms with Crippen molar-refractivity contribution in [3.63, 3.8) is 0 Å². The number of sulfonamides is 1. The molecule has 0 atom stereocenters. The standard InChI is InChI=1S/C12H16N2O5S/c1-18-6-7-19-5-4-14-12(15)10-8-9(13)2-3-11(10)20(14,16)17/h2-3,8H,4-7,13H2,1H3. The van der Waals surface area contributed by atoms with Gasteiger partial charge in [0.05, 0.1) is 31.9 Å². The molecular weight excluding hydrogens is 284 g/mol. The number of nitrogens with zero attached hydrogens (tertiary/aromatic N) is 1. The summed E-state index contributed by atoms with van der Waals surface area (Å²) in [6.07, 6.45) is 0. The van der Waals surface area contributed by atoms with Crippen molar-refractivity contribution in [2.45, 2.75) is 4.90 Å². The minimum absolute atomic E-state index is 0.00593. The average Bonchev–Trinajstić information content (AvgIpc) is 2.58. The molecule has 8 heteroatoms. The fraction of sp³-hybridized carbons (Fsp3) is 0.417. The number of fused-ring (bicyclic) bond motifs is 1. The Labute approximate surface area is 117 Å². The predicted molar refractivity (Wildman–Crippen MR) is 71.8 cm³/mol. The molecule has 0 spiro atoms. The Balaban J connectivity index is 2.11. The number of carbonyl (C=O) groups excluding carboxylic acids is 1. The minimum Gasteiger partial charge on any atom is -0.399 e. The van der Waals surface area contributed by atoms with Gasteiger partial charge in [0, 0.05) is 12.8 Å². The van der Waals surface area contributed by atoms with Crippen molar-refractivity contribution in [3.05, 3.63) is 23.8 Å². The van der Waals surface area contributed by atoms with Crippen LogP contribution in [0.1, 0.15) is 10.4 Å². The Morgan fingerprint density at radius 2 is 2.00 bits per heavy atom. The molecule has 1 aliphatic heterocycles. The summed E-state index contributed by atoms with van der Waals surface area (Å²) in [5.41, 5.74) is 6.04. The van der Waals surface area contributed by atoms with Gasteiger partial charge in [-0.25, -0.2) is 12.7 Å². The molecular formula is C12H16N2O5S. The molecule has 0 aliphatic carbocycles. The second-order valence-corrected chi connectivity index (χ2v) is 6.07. The van der Waals surface area contributed by atoms with Crippen molar-refractivity contribution in [1.82, 2.24) is 4.31 Å². The van der Waals surface area contributed by atoms with Crippen molar-refractivity contribution >= 4 is 21.6 Å². The molecule has 0 saturated heterocycles. The number of hydrogen-bond acceptors (Lipinski definition) is 6. The highest BCUT2D eigenvalue weighted by atomic mass is 32.2. The SMILES string of the molecule is COCCOCCN1C(=O)c2cc(N)ccc2S1(=O)=O. The number of ether oxygens (including phenoxy) is 2. The van der Waals surface area contributed by atoms with Crippen molar-refractivity contribution in [3.8, 4) is 0 Å². The molecule has 2 rings (SSSR count). The van der Waals surface area contributed by atoms with Gasteiger partial charge in [-0.2, -0.15) is 0 Å². The van der Waals surface area contributed by atoms with Crippen LogP contribution in [0.4, 0.5) is 5.69 Å². The van der Waals surface area contributed by atoms with Gasteiger partial charge in [0.1, 0.15) is 4.90 Å². The summed E-state index contributed by atoms with van der Waals surface area (Å²) in [6.45, 7) is 0.854. The average molecular weight is 300 g/mol. The molecule has 1 aromatic carbocycles. The van der Waals surface area contributed by atoms with E-state index < -0.39 is 15.9 Å². The van der Waals surface area contributed by atoms with Gasteiger partial charge >= 0.3 is 0 Å². The summed E-state index contributed by atoms with van der Waals surface area (Å²) in [5.74, 6) is -0.567. The van der Waals surface area contributed by atoms with Crippen LogP contribution in [0, 0.1) is 0 Å². The number of nitrogen functional groups attached to an aromatic ring is 1. The smallest absolute Gasteiger partial charge is 0.269 e. The maximum Gasteiger partial charge on any atom is 0.269 e. The highest BCUT2D eigenvalue weighted by molar-refractivity contribution is 7.90. The largest absolute Gasteiger partial charge is 0.399 e. The molecule has 110 valence electrons. The first-order valence-electron chi connectivity index (χ1n) is 6.01. The molecule has 0 radical (unpaired) electrons. The van der Waals surface area contributed by atoms with E-state index in [2.05, 4.69) is 0 Å². The monoisotopic (exact) mass is 300 g/mol. The third-order valence-electron chi connectivity index (χ3n) is 2.90. The number of carbonyl (C=O) groups is 1. The molecule has 1 heterocycles. The topological polar surface area (TPSA) is 98.9 Å². The van der Waals surface area contributed by atoms with Gasteiger partial charge in [-0.1, -0.05) is 0 Å². The van der Waals surface area contributed by atoms with E-state index in [1.54, 1.807) is 7.11 Å². The molecule has 0 bridgehead atoms. The Hall–Kier alpha value is -1.64. The molecule has 0 fully saturated rings. The normalized spacial score (nSPS) is 16.4. The first-order valence-corrected chi connectivity index (χ1v) is 7.46. The van der Waals surface area contributed by atoms with Gasteiger partial charge in [0.15, 0.2) is 0 Å². The lowest BCUT2D eigenvalue weighted by molar-refractivity contribution is 0.0608. The maximum absolute atomic E-state index is 12.2. The highest BCUT2D eigenvalue weighted by Crippen LogP contribution is 2.31. The van der Waals surface area contributed by atoms with Gasteiger partial charge in [-0.3, -0.25) is 4.79 Å². The number of benzene rings is 1. The zero-order chi connectivity index (χ0) is 14.8. The van der Waals surface area contributed by atoms with E-state index in [1.165, 1.54) is 18.2 Å². The van der Waals surface area contributed by atoms with Crippen LogP contribution in [0.5, 0.6) is 0 Å². The Morgan fingerprint density at radius 3 is 2.70 bits per heavy atom. The van der Waals surface area contributed by atoms with E-state index in [4.69, 9.17) is 15.2 Å². The lowest BCUT2D eigenvalue weighted by Gasteiger charge is -2.14. The zero-order valence-corrected chi connectivity index (χ0v) is 11.9. The van der Waals surface area contributed by atoms with Crippen molar-refractivity contribution < 1.29 is 22.7 Å². The molecule has 1 aliphatic rings. The number of amides is 1. The van der Waals surface area contributed by atoms with E-state index in [0.29, 0.717) is 18.9 Å². The van der Waals surface area contributed by atoms with Gasteiger partial charge in [0.25, 0.3) is 15.9 Å². The first kappa shape index (κ1) is 14.8. The van der Waals surface area contributed by atoms with E-state index in [1.807, 2.05) is 0 Å². The number of rotatable bonds is 6. The quantitative estimate of drug-likeness (QED) is 0.590. The zero-order valence-electron chi connectivity index (χ0n) is 11.0. The summed E-state index contributed by atoms with van der Waals surface area (Å²) in [7, 11) is -2.25. The molecule has 2 N–H and O–H groups in total. The van der Waals surface area contributed by atoms with E-state index in [0.717, 1.165) is 4.31 Å². The van der Waals surface area contributed by atoms with E-state index >= 15 is 0 Å². The summed E-state index contributed by atoms with van der Waals surface area (Å²) < 4.78 is 35.2. The Kier molecular flexibility index (Phi) is 4.26. The van der Waals surface area contributed by atoms with Crippen LogP contribution in [0.2, 0.25) is 0 Å². The van der Waals surface area contributed by atoms with Gasteiger partial charge in [-0.05, 0) is 18.2 Å². The van der Waals surface area contributed by atoms with Crippen LogP contribution in [0.25, 0.3) is 0 Å². The van der Waals surface area contributed by atoms with Crippen LogP contribution in [0.15, 0.2) is 23.1 Å². The maximum atomic E-state index is 12.2. The fourth-order valence-electron chi connectivity index (χ4n) is 1.92. The lowest BCUT2D eigenvalue weighted by atomic mass is 10.2. The second kappa shape index (κ2) is 5.78. The number of nitrogens with two attached hydrogens (primary N) is 1. The van der Waals surface area contributed by atoms with Gasteiger partial charge in [0.2, 0.25) is 0 Å². The van der Waals surface area contributed by atoms with Crippen molar-refractivity contribution in [1.29, 1.82) is 0 Å². The summed E-state index contributed by atoms with van der Waals surface area (Å²) in [6, 6.07) is 4.19. The first-order chi connectivity index (χ1) is 9.48. The lowest BCUT2D eigenvalue weighted by Crippen LogP contribution is -2.33. The van der Waals surface area contributed by atoms with E-state index in [-0.39, 0.29) is 23.6 Å². The number of hydrogen-bond donors (Lipinski definition) is 1. The molecule has 1 aromatic rings. The van der Waals surface area contributed by atoms with Crippen LogP contribution in [-0.4, -0.2) is 52.1 Å². The van der Waals surface area contributed by atoms with Crippen LogP contribution in [-0.2, 0) is 19.5 Å². The second-order valence-electron chi connectivity index (χ2n) is 4.24. The number of methoxy groups -OCH3 is 1. The Morgan fingerprint density at radius 1 is 1.25 bits per heavy atom. The molecule has 20 heavy (non-hydrogen) atoms. The minimum atomic E-state index is -3.79. The third-order valence-corrected chi connectivity index (χ3v) is 4.74. The summed E-state index contributed by atoms with van der Waals surface area (Å²) in [4.78, 5) is 12.1. The van der Waals surface area contributed by atoms with Gasteiger partial charge in [-0.15, -0.1) is 0 Å². The Bertz CT molecular complexity index is 614. The predicted octanol–water partition coefficient (Wildman–Crippen LogP) is 0.0763. The molecule has 0 aromatic heterocycles. The molecule has 0 unspecified atom stereocenters. The van der Waals surface area contributed by atoms with Crippen LogP contribution >= 0.6 is 0 Å². The molecule has 7 nitrogen and oxygen atoms in total. The fourth-order valence-corrected chi connectivity index (χ4v) is 3.45. The third kappa shape index (κ3) is 2.62. The van der Waals surface area contributed by atoms with Gasteiger partial charge < -0.3 is 15.2 Å². The van der Waals surface area contributed by atoms with Crippen molar-refractivity contribution in [2.75, 3.05) is 39.2 Å². The molecule has 0 saturated carbocycles.